The highest BCUT2D eigenvalue weighted by molar-refractivity contribution is 5.87. The topological polar surface area (TPSA) is 104 Å². The number of likely N-dealkylation sites (N-methyl/N-ethyl adjacent to an activating group) is 1. The normalized spacial score (nSPS) is 12.7. The molecule has 2 amide bonds. The van der Waals surface area contributed by atoms with Gasteiger partial charge in [0.05, 0.1) is 13.1 Å². The van der Waals surface area contributed by atoms with Crippen molar-refractivity contribution in [3.8, 4) is 11.4 Å². The molecule has 210 valence electrons. The van der Waals surface area contributed by atoms with Crippen molar-refractivity contribution in [2.45, 2.75) is 52.6 Å². The van der Waals surface area contributed by atoms with Gasteiger partial charge in [0.2, 0.25) is 23.5 Å². The van der Waals surface area contributed by atoms with Gasteiger partial charge in [0.1, 0.15) is 0 Å². The minimum absolute atomic E-state index is 0. The Kier molecular flexibility index (Phi) is 10.5. The third kappa shape index (κ3) is 7.80. The number of carbonyl (C=O) groups excluding carboxylic acids is 2. The maximum atomic E-state index is 13.6. The van der Waals surface area contributed by atoms with Crippen molar-refractivity contribution in [1.82, 2.24) is 25.7 Å². The van der Waals surface area contributed by atoms with Gasteiger partial charge in [-0.2, -0.15) is 4.98 Å². The first-order chi connectivity index (χ1) is 18.2. The molecule has 10 heteroatoms. The third-order valence-corrected chi connectivity index (χ3v) is 6.97. The summed E-state index contributed by atoms with van der Waals surface area (Å²) in [7, 11) is 1.86. The van der Waals surface area contributed by atoms with Crippen molar-refractivity contribution < 1.29 is 14.1 Å². The van der Waals surface area contributed by atoms with Crippen LogP contribution in [0.2, 0.25) is 0 Å². The number of carbonyl (C=O) groups is 2. The minimum Gasteiger partial charge on any atom is -0.353 e. The molecule has 0 bridgehead atoms. The Hall–Kier alpha value is -3.43. The highest BCUT2D eigenvalue weighted by Crippen LogP contribution is 2.28. The fourth-order valence-corrected chi connectivity index (χ4v) is 4.81. The molecule has 0 spiro atoms. The highest BCUT2D eigenvalue weighted by Gasteiger charge is 2.29. The predicted molar refractivity (Wildman–Crippen MR) is 155 cm³/mol. The lowest BCUT2D eigenvalue weighted by molar-refractivity contribution is -0.130. The standard InChI is InChI=1S/C29H38N6O3.ClH/c1-19(2)30-12-13-31-27(36)17-35(26-16-24(11-10-20(26)3)29-32-21(4)38-33-29)18-28(37)34(5)25-14-22-8-6-7-9-23(22)15-25;/h6-11,16,19,25,30H,12-15,17-18H2,1-5H3,(H,31,36);1H. The number of aryl methyl sites for hydroxylation is 2. The zero-order valence-corrected chi connectivity index (χ0v) is 24.2. The quantitative estimate of drug-likeness (QED) is 0.350. The molecule has 0 radical (unpaired) electrons. The van der Waals surface area contributed by atoms with Crippen molar-refractivity contribution in [3.05, 3.63) is 65.0 Å². The van der Waals surface area contributed by atoms with E-state index in [-0.39, 0.29) is 43.4 Å². The van der Waals surface area contributed by atoms with Crippen molar-refractivity contribution >= 4 is 29.9 Å². The lowest BCUT2D eigenvalue weighted by Gasteiger charge is -2.30. The van der Waals surface area contributed by atoms with Gasteiger partial charge in [0, 0.05) is 50.4 Å². The van der Waals surface area contributed by atoms with Crippen LogP contribution in [-0.2, 0) is 22.4 Å². The number of rotatable bonds is 11. The largest absolute Gasteiger partial charge is 0.353 e. The van der Waals surface area contributed by atoms with Crippen LogP contribution in [0.3, 0.4) is 0 Å². The Morgan fingerprint density at radius 3 is 2.36 bits per heavy atom. The van der Waals surface area contributed by atoms with E-state index in [4.69, 9.17) is 4.52 Å². The van der Waals surface area contributed by atoms with Gasteiger partial charge in [-0.05, 0) is 42.5 Å². The fourth-order valence-electron chi connectivity index (χ4n) is 4.81. The van der Waals surface area contributed by atoms with Crippen LogP contribution >= 0.6 is 12.4 Å². The Morgan fingerprint density at radius 1 is 1.05 bits per heavy atom. The number of nitrogens with one attached hydrogen (secondary N) is 2. The molecule has 0 fully saturated rings. The number of halogens is 1. The van der Waals surface area contributed by atoms with E-state index in [2.05, 4.69) is 46.8 Å². The molecule has 0 saturated carbocycles. The second-order valence-electron chi connectivity index (χ2n) is 10.3. The van der Waals surface area contributed by atoms with E-state index in [0.717, 1.165) is 29.7 Å². The van der Waals surface area contributed by atoms with Crippen molar-refractivity contribution in [3.63, 3.8) is 0 Å². The van der Waals surface area contributed by atoms with Gasteiger partial charge < -0.3 is 25.0 Å². The van der Waals surface area contributed by atoms with Crippen LogP contribution in [0.25, 0.3) is 11.4 Å². The second kappa shape index (κ2) is 13.6. The first kappa shape index (κ1) is 30.1. The second-order valence-corrected chi connectivity index (χ2v) is 10.3. The smallest absolute Gasteiger partial charge is 0.242 e. The van der Waals surface area contributed by atoms with Gasteiger partial charge in [-0.1, -0.05) is 55.4 Å². The number of nitrogens with zero attached hydrogens (tertiary/aromatic N) is 4. The monoisotopic (exact) mass is 554 g/mol. The first-order valence-electron chi connectivity index (χ1n) is 13.2. The molecule has 0 unspecified atom stereocenters. The number of anilines is 1. The molecule has 0 atom stereocenters. The lowest BCUT2D eigenvalue weighted by atomic mass is 10.1. The highest BCUT2D eigenvalue weighted by atomic mass is 35.5. The van der Waals surface area contributed by atoms with E-state index >= 15 is 0 Å². The summed E-state index contributed by atoms with van der Waals surface area (Å²) >= 11 is 0. The SMILES string of the molecule is Cc1nc(-c2ccc(C)c(N(CC(=O)NCCNC(C)C)CC(=O)N(C)C3Cc4ccccc4C3)c2)no1.Cl. The van der Waals surface area contributed by atoms with Gasteiger partial charge in [-0.25, -0.2) is 0 Å². The molecule has 4 rings (SSSR count). The Balaban J connectivity index is 0.00000420. The number of fused-ring (bicyclic) bond motifs is 1. The number of benzene rings is 2. The maximum absolute atomic E-state index is 13.6. The van der Waals surface area contributed by atoms with Crippen LogP contribution in [0.4, 0.5) is 5.69 Å². The van der Waals surface area contributed by atoms with E-state index in [9.17, 15) is 9.59 Å². The maximum Gasteiger partial charge on any atom is 0.242 e. The van der Waals surface area contributed by atoms with E-state index in [1.54, 1.807) is 6.92 Å². The minimum atomic E-state index is -0.139. The molecular weight excluding hydrogens is 516 g/mol. The molecule has 1 aromatic heterocycles. The summed E-state index contributed by atoms with van der Waals surface area (Å²) in [5.74, 6) is 0.777. The van der Waals surface area contributed by atoms with Gasteiger partial charge in [0.25, 0.3) is 0 Å². The lowest BCUT2D eigenvalue weighted by Crippen LogP contribution is -2.47. The van der Waals surface area contributed by atoms with Crippen molar-refractivity contribution in [1.29, 1.82) is 0 Å². The van der Waals surface area contributed by atoms with Crippen LogP contribution in [0.1, 0.15) is 36.4 Å². The molecule has 1 aliphatic carbocycles. The first-order valence-corrected chi connectivity index (χ1v) is 13.2. The van der Waals surface area contributed by atoms with E-state index < -0.39 is 0 Å². The summed E-state index contributed by atoms with van der Waals surface area (Å²) in [6.07, 6.45) is 1.68. The summed E-state index contributed by atoms with van der Waals surface area (Å²) in [6, 6.07) is 14.6. The van der Waals surface area contributed by atoms with Crippen LogP contribution in [0.5, 0.6) is 0 Å². The number of aromatic nitrogens is 2. The van der Waals surface area contributed by atoms with E-state index in [1.165, 1.54) is 11.1 Å². The molecule has 1 heterocycles. The predicted octanol–water partition coefficient (Wildman–Crippen LogP) is 3.32. The molecule has 2 aromatic carbocycles. The Morgan fingerprint density at radius 2 is 1.74 bits per heavy atom. The summed E-state index contributed by atoms with van der Waals surface area (Å²) in [5, 5.41) is 10.3. The van der Waals surface area contributed by atoms with E-state index in [0.29, 0.717) is 30.8 Å². The number of hydrogen-bond donors (Lipinski definition) is 2. The summed E-state index contributed by atoms with van der Waals surface area (Å²) in [5.41, 5.74) is 5.09. The Bertz CT molecular complexity index is 1250. The van der Waals surface area contributed by atoms with E-state index in [1.807, 2.05) is 54.1 Å². The average Bonchev–Trinajstić information content (AvgIpc) is 3.52. The molecule has 39 heavy (non-hydrogen) atoms. The molecule has 1 aliphatic rings. The Labute approximate surface area is 236 Å². The summed E-state index contributed by atoms with van der Waals surface area (Å²) < 4.78 is 5.16. The zero-order chi connectivity index (χ0) is 27.2. The summed E-state index contributed by atoms with van der Waals surface area (Å²) in [4.78, 5) is 34.5. The number of hydrogen-bond acceptors (Lipinski definition) is 7. The fraction of sp³-hybridized carbons (Fsp3) is 0.448. The van der Waals surface area contributed by atoms with Crippen LogP contribution < -0.4 is 15.5 Å². The van der Waals surface area contributed by atoms with Crippen LogP contribution in [-0.4, -0.2) is 72.2 Å². The molecule has 0 saturated heterocycles. The van der Waals surface area contributed by atoms with Gasteiger partial charge in [-0.15, -0.1) is 12.4 Å². The van der Waals surface area contributed by atoms with Crippen LogP contribution in [0, 0.1) is 13.8 Å². The zero-order valence-electron chi connectivity index (χ0n) is 23.4. The molecule has 2 N–H and O–H groups in total. The van der Waals surface area contributed by atoms with Crippen molar-refractivity contribution in [2.75, 3.05) is 38.1 Å². The summed E-state index contributed by atoms with van der Waals surface area (Å²) in [6.45, 7) is 9.18. The molecule has 9 nitrogen and oxygen atoms in total. The number of amides is 2. The van der Waals surface area contributed by atoms with Gasteiger partial charge in [-0.3, -0.25) is 9.59 Å². The molecule has 3 aromatic rings. The molecular formula is C29H39ClN6O3. The van der Waals surface area contributed by atoms with Gasteiger partial charge in [0.15, 0.2) is 0 Å². The third-order valence-electron chi connectivity index (χ3n) is 6.97. The molecule has 0 aliphatic heterocycles. The van der Waals surface area contributed by atoms with Crippen LogP contribution in [0.15, 0.2) is 47.0 Å². The van der Waals surface area contributed by atoms with Crippen molar-refractivity contribution in [2.24, 2.45) is 0 Å². The van der Waals surface area contributed by atoms with Gasteiger partial charge >= 0.3 is 0 Å². The average molecular weight is 555 g/mol.